The van der Waals surface area contributed by atoms with Gasteiger partial charge in [-0.3, -0.25) is 14.9 Å². The molecule has 6 nitrogen and oxygen atoms in total. The van der Waals surface area contributed by atoms with E-state index in [1.54, 1.807) is 6.92 Å². The molecule has 0 spiro atoms. The molecule has 0 aliphatic heterocycles. The Morgan fingerprint density at radius 2 is 1.85 bits per heavy atom. The topological polar surface area (TPSA) is 84.5 Å². The van der Waals surface area contributed by atoms with Gasteiger partial charge in [-0.2, -0.15) is 0 Å². The zero-order valence-electron chi connectivity index (χ0n) is 15.2. The Balaban J connectivity index is 1.81. The van der Waals surface area contributed by atoms with E-state index in [-0.39, 0.29) is 18.9 Å². The van der Waals surface area contributed by atoms with E-state index in [2.05, 4.69) is 10.6 Å². The number of benzene rings is 1. The lowest BCUT2D eigenvalue weighted by Gasteiger charge is -2.13. The highest BCUT2D eigenvalue weighted by Gasteiger charge is 2.27. The highest BCUT2D eigenvalue weighted by molar-refractivity contribution is 7.17. The average Bonchev–Trinajstić information content (AvgIpc) is 3.00. The number of hydrogen-bond donors (Lipinski definition) is 2. The van der Waals surface area contributed by atoms with E-state index >= 15 is 0 Å². The summed E-state index contributed by atoms with van der Waals surface area (Å²) in [7, 11) is 0. The van der Waals surface area contributed by atoms with Crippen LogP contribution < -0.4 is 10.6 Å². The number of aryl methyl sites for hydroxylation is 1. The molecule has 3 amide bonds. The van der Waals surface area contributed by atoms with Gasteiger partial charge in [0.15, 0.2) is 0 Å². The van der Waals surface area contributed by atoms with Crippen LogP contribution >= 0.6 is 11.3 Å². The summed E-state index contributed by atoms with van der Waals surface area (Å²) in [6.45, 7) is 1.85. The molecule has 1 aromatic carbocycles. The molecule has 0 radical (unpaired) electrons. The third-order valence-corrected chi connectivity index (χ3v) is 5.56. The molecule has 27 heavy (non-hydrogen) atoms. The molecular formula is C20H22N2O4S. The average molecular weight is 386 g/mol. The zero-order chi connectivity index (χ0) is 19.2. The smallest absolute Gasteiger partial charge is 0.414 e. The third-order valence-electron chi connectivity index (χ3n) is 4.35. The number of rotatable bonds is 5. The highest BCUT2D eigenvalue weighted by atomic mass is 32.1. The van der Waals surface area contributed by atoms with Crippen molar-refractivity contribution in [2.24, 2.45) is 0 Å². The lowest BCUT2D eigenvalue weighted by molar-refractivity contribution is -0.115. The number of carbonyl (C=O) groups is 3. The number of nitrogens with one attached hydrogen (secondary N) is 2. The second-order valence-corrected chi connectivity index (χ2v) is 7.41. The summed E-state index contributed by atoms with van der Waals surface area (Å²) in [6, 6.07) is 9.42. The van der Waals surface area contributed by atoms with Gasteiger partial charge in [0.25, 0.3) is 5.91 Å². The molecule has 2 N–H and O–H groups in total. The van der Waals surface area contributed by atoms with Crippen molar-refractivity contribution in [2.75, 3.05) is 11.9 Å². The van der Waals surface area contributed by atoms with Crippen molar-refractivity contribution in [3.05, 3.63) is 51.9 Å². The van der Waals surface area contributed by atoms with E-state index in [0.717, 1.165) is 41.7 Å². The Kier molecular flexibility index (Phi) is 6.24. The van der Waals surface area contributed by atoms with Gasteiger partial charge in [-0.15, -0.1) is 11.3 Å². The van der Waals surface area contributed by atoms with Gasteiger partial charge < -0.3 is 10.1 Å². The third kappa shape index (κ3) is 4.74. The summed E-state index contributed by atoms with van der Waals surface area (Å²) in [5.41, 5.74) is 2.22. The van der Waals surface area contributed by atoms with Gasteiger partial charge in [-0.05, 0) is 43.7 Å². The van der Waals surface area contributed by atoms with Crippen LogP contribution in [0.2, 0.25) is 0 Å². The van der Waals surface area contributed by atoms with Gasteiger partial charge in [-0.25, -0.2) is 4.79 Å². The van der Waals surface area contributed by atoms with Crippen molar-refractivity contribution >= 4 is 34.2 Å². The molecule has 1 aliphatic carbocycles. The second-order valence-electron chi connectivity index (χ2n) is 6.30. The van der Waals surface area contributed by atoms with E-state index in [1.807, 2.05) is 30.3 Å². The minimum absolute atomic E-state index is 0.182. The fourth-order valence-corrected chi connectivity index (χ4v) is 4.47. The maximum absolute atomic E-state index is 12.7. The van der Waals surface area contributed by atoms with Gasteiger partial charge in [0.05, 0.1) is 18.6 Å². The Bertz CT molecular complexity index is 845. The summed E-state index contributed by atoms with van der Waals surface area (Å²) in [5.74, 6) is -0.715. The van der Waals surface area contributed by atoms with Crippen LogP contribution in [0.5, 0.6) is 0 Å². The summed E-state index contributed by atoms with van der Waals surface area (Å²) >= 11 is 1.42. The van der Waals surface area contributed by atoms with Crippen LogP contribution in [-0.4, -0.2) is 24.5 Å². The molecule has 0 atom stereocenters. The van der Waals surface area contributed by atoms with Crippen LogP contribution in [-0.2, 0) is 28.8 Å². The summed E-state index contributed by atoms with van der Waals surface area (Å²) in [5, 5.41) is 5.63. The van der Waals surface area contributed by atoms with Crippen molar-refractivity contribution in [1.29, 1.82) is 0 Å². The van der Waals surface area contributed by atoms with Crippen LogP contribution in [0.25, 0.3) is 0 Å². The maximum Gasteiger partial charge on any atom is 0.414 e. The molecule has 0 saturated carbocycles. The molecule has 0 saturated heterocycles. The Morgan fingerprint density at radius 3 is 2.59 bits per heavy atom. The number of hydrogen-bond acceptors (Lipinski definition) is 5. The summed E-state index contributed by atoms with van der Waals surface area (Å²) in [6.07, 6.45) is 3.15. The minimum atomic E-state index is -0.778. The molecule has 0 unspecified atom stereocenters. The van der Waals surface area contributed by atoms with Crippen molar-refractivity contribution in [1.82, 2.24) is 5.32 Å². The number of alkyl carbamates (subject to hydrolysis) is 1. The molecule has 3 rings (SSSR count). The Hall–Kier alpha value is -2.67. The van der Waals surface area contributed by atoms with Crippen LogP contribution in [0.15, 0.2) is 30.3 Å². The normalized spacial score (nSPS) is 12.8. The zero-order valence-corrected chi connectivity index (χ0v) is 16.0. The van der Waals surface area contributed by atoms with Crippen molar-refractivity contribution in [3.8, 4) is 0 Å². The number of ether oxygens (including phenoxy) is 1. The van der Waals surface area contributed by atoms with E-state index < -0.39 is 12.0 Å². The largest absolute Gasteiger partial charge is 0.450 e. The molecular weight excluding hydrogens is 364 g/mol. The van der Waals surface area contributed by atoms with E-state index in [1.165, 1.54) is 11.3 Å². The Labute approximate surface area is 161 Å². The Morgan fingerprint density at radius 1 is 1.11 bits per heavy atom. The van der Waals surface area contributed by atoms with Crippen molar-refractivity contribution in [3.63, 3.8) is 0 Å². The first-order valence-corrected chi connectivity index (χ1v) is 9.86. The monoisotopic (exact) mass is 386 g/mol. The molecule has 1 aliphatic rings. The quantitative estimate of drug-likeness (QED) is 0.821. The molecule has 142 valence electrons. The standard InChI is InChI=1S/C20H22N2O4S/c1-2-26-20(25)22-18(24)17-14-10-6-7-11-15(14)27-19(17)21-16(23)12-13-8-4-3-5-9-13/h3-5,8-9H,2,6-7,10-12H2,1H3,(H,21,23)(H,22,24,25). The van der Waals surface area contributed by atoms with Crippen molar-refractivity contribution in [2.45, 2.75) is 39.0 Å². The fourth-order valence-electron chi connectivity index (χ4n) is 3.17. The first-order chi connectivity index (χ1) is 13.1. The molecule has 1 heterocycles. The lowest BCUT2D eigenvalue weighted by Crippen LogP contribution is -2.32. The van der Waals surface area contributed by atoms with Gasteiger partial charge in [0.2, 0.25) is 5.91 Å². The minimum Gasteiger partial charge on any atom is -0.450 e. The number of fused-ring (bicyclic) bond motifs is 1. The van der Waals surface area contributed by atoms with E-state index in [0.29, 0.717) is 10.6 Å². The molecule has 2 aromatic rings. The predicted molar refractivity (Wildman–Crippen MR) is 104 cm³/mol. The van der Waals surface area contributed by atoms with Crippen LogP contribution in [0.4, 0.5) is 9.80 Å². The van der Waals surface area contributed by atoms with Crippen LogP contribution in [0.3, 0.4) is 0 Å². The fraction of sp³-hybridized carbons (Fsp3) is 0.350. The predicted octanol–water partition coefficient (Wildman–Crippen LogP) is 3.69. The number of anilines is 1. The number of amides is 3. The van der Waals surface area contributed by atoms with Crippen LogP contribution in [0, 0.1) is 0 Å². The summed E-state index contributed by atoms with van der Waals surface area (Å²) in [4.78, 5) is 37.9. The van der Waals surface area contributed by atoms with Crippen molar-refractivity contribution < 1.29 is 19.1 Å². The molecule has 0 bridgehead atoms. The van der Waals surface area contributed by atoms with E-state index in [4.69, 9.17) is 4.74 Å². The number of carbonyl (C=O) groups excluding carboxylic acids is 3. The van der Waals surface area contributed by atoms with Gasteiger partial charge in [0, 0.05) is 4.88 Å². The molecule has 0 fully saturated rings. The number of thiophene rings is 1. The summed E-state index contributed by atoms with van der Waals surface area (Å²) < 4.78 is 4.80. The van der Waals surface area contributed by atoms with E-state index in [9.17, 15) is 14.4 Å². The lowest BCUT2D eigenvalue weighted by atomic mass is 9.95. The van der Waals surface area contributed by atoms with Gasteiger partial charge in [0.1, 0.15) is 5.00 Å². The molecule has 7 heteroatoms. The SMILES string of the molecule is CCOC(=O)NC(=O)c1c(NC(=O)Cc2ccccc2)sc2c1CCCC2. The first-order valence-electron chi connectivity index (χ1n) is 9.05. The molecule has 1 aromatic heterocycles. The maximum atomic E-state index is 12.7. The van der Waals surface area contributed by atoms with Crippen LogP contribution in [0.1, 0.15) is 46.1 Å². The van der Waals surface area contributed by atoms with Gasteiger partial charge in [-0.1, -0.05) is 30.3 Å². The second kappa shape index (κ2) is 8.81. The van der Waals surface area contributed by atoms with Gasteiger partial charge >= 0.3 is 6.09 Å². The highest BCUT2D eigenvalue weighted by Crippen LogP contribution is 2.38. The first kappa shape index (κ1) is 19.1. The number of imide groups is 1.